The van der Waals surface area contributed by atoms with Crippen LogP contribution in [0.1, 0.15) is 36.6 Å². The highest BCUT2D eigenvalue weighted by molar-refractivity contribution is 7.18. The second-order valence-electron chi connectivity index (χ2n) is 6.51. The maximum atomic E-state index is 13.0. The molecule has 2 heterocycles. The summed E-state index contributed by atoms with van der Waals surface area (Å²) in [6.45, 7) is 3.13. The van der Waals surface area contributed by atoms with Crippen LogP contribution in [-0.4, -0.2) is 35.3 Å². The van der Waals surface area contributed by atoms with Crippen LogP contribution in [0.4, 0.5) is 0 Å². The molecule has 0 aromatic carbocycles. The van der Waals surface area contributed by atoms with Gasteiger partial charge >= 0.3 is 5.69 Å². The number of aromatic nitrogens is 2. The van der Waals surface area contributed by atoms with Crippen LogP contribution in [-0.2, 0) is 35.5 Å². The fourth-order valence-corrected chi connectivity index (χ4v) is 4.92. The molecule has 26 heavy (non-hydrogen) atoms. The zero-order valence-corrected chi connectivity index (χ0v) is 16.1. The summed E-state index contributed by atoms with van der Waals surface area (Å²) in [4.78, 5) is 40.0. The number of carbonyl (C=O) groups is 1. The van der Waals surface area contributed by atoms with Gasteiger partial charge in [-0.2, -0.15) is 0 Å². The van der Waals surface area contributed by atoms with Crippen LogP contribution >= 0.6 is 11.3 Å². The zero-order valence-electron chi connectivity index (χ0n) is 15.3. The van der Waals surface area contributed by atoms with Crippen molar-refractivity contribution < 1.29 is 9.53 Å². The van der Waals surface area contributed by atoms with E-state index in [-0.39, 0.29) is 18.0 Å². The van der Waals surface area contributed by atoms with Gasteiger partial charge in [0.2, 0.25) is 5.91 Å². The number of rotatable bonds is 7. The topological polar surface area (TPSA) is 82.3 Å². The average Bonchev–Trinajstić information content (AvgIpc) is 3.02. The minimum atomic E-state index is -0.407. The van der Waals surface area contributed by atoms with Gasteiger partial charge < -0.3 is 10.1 Å². The summed E-state index contributed by atoms with van der Waals surface area (Å²) < 4.78 is 7.65. The molecule has 142 valence electrons. The molecule has 8 heteroatoms. The summed E-state index contributed by atoms with van der Waals surface area (Å²) in [7, 11) is 1.60. The quantitative estimate of drug-likeness (QED) is 0.735. The van der Waals surface area contributed by atoms with E-state index >= 15 is 0 Å². The van der Waals surface area contributed by atoms with Crippen LogP contribution in [0.15, 0.2) is 9.59 Å². The van der Waals surface area contributed by atoms with Gasteiger partial charge in [-0.3, -0.25) is 18.7 Å². The number of hydrogen-bond acceptors (Lipinski definition) is 5. The highest BCUT2D eigenvalue weighted by Gasteiger charge is 2.23. The number of amides is 1. The third kappa shape index (κ3) is 3.48. The van der Waals surface area contributed by atoms with E-state index in [2.05, 4.69) is 5.32 Å². The van der Waals surface area contributed by atoms with E-state index in [0.29, 0.717) is 31.5 Å². The molecule has 1 amide bonds. The van der Waals surface area contributed by atoms with Crippen LogP contribution in [0.3, 0.4) is 0 Å². The van der Waals surface area contributed by atoms with E-state index in [4.69, 9.17) is 4.74 Å². The van der Waals surface area contributed by atoms with E-state index in [0.717, 1.165) is 40.6 Å². The largest absolute Gasteiger partial charge is 0.385 e. The molecule has 0 spiro atoms. The first-order chi connectivity index (χ1) is 12.6. The number of ether oxygens (including phenoxy) is 1. The first kappa shape index (κ1) is 18.8. The molecule has 3 rings (SSSR count). The average molecular weight is 379 g/mol. The lowest BCUT2D eigenvalue weighted by Crippen LogP contribution is -2.43. The van der Waals surface area contributed by atoms with Gasteiger partial charge in [0.05, 0.1) is 5.39 Å². The third-order valence-electron chi connectivity index (χ3n) is 4.78. The normalized spacial score (nSPS) is 13.8. The van der Waals surface area contributed by atoms with Crippen LogP contribution in [0.2, 0.25) is 0 Å². The van der Waals surface area contributed by atoms with Crippen molar-refractivity contribution in [3.63, 3.8) is 0 Å². The van der Waals surface area contributed by atoms with E-state index in [1.807, 2.05) is 6.92 Å². The minimum Gasteiger partial charge on any atom is -0.385 e. The van der Waals surface area contributed by atoms with E-state index < -0.39 is 5.69 Å². The minimum absolute atomic E-state index is 0.245. The second-order valence-corrected chi connectivity index (χ2v) is 7.59. The Bertz CT molecular complexity index is 925. The first-order valence-corrected chi connectivity index (χ1v) is 9.93. The van der Waals surface area contributed by atoms with Crippen molar-refractivity contribution in [3.8, 4) is 0 Å². The number of nitrogens with one attached hydrogen (secondary N) is 1. The van der Waals surface area contributed by atoms with E-state index in [9.17, 15) is 14.4 Å². The van der Waals surface area contributed by atoms with Crippen molar-refractivity contribution in [3.05, 3.63) is 31.3 Å². The lowest BCUT2D eigenvalue weighted by atomic mass is 9.97. The first-order valence-electron chi connectivity index (χ1n) is 9.12. The predicted molar refractivity (Wildman–Crippen MR) is 102 cm³/mol. The molecular weight excluding hydrogens is 354 g/mol. The van der Waals surface area contributed by atoms with Gasteiger partial charge in [-0.1, -0.05) is 0 Å². The van der Waals surface area contributed by atoms with Gasteiger partial charge in [0.15, 0.2) is 0 Å². The van der Waals surface area contributed by atoms with Crippen molar-refractivity contribution in [1.29, 1.82) is 0 Å². The van der Waals surface area contributed by atoms with Crippen LogP contribution in [0, 0.1) is 0 Å². The Morgan fingerprint density at radius 2 is 2.00 bits per heavy atom. The molecule has 0 bridgehead atoms. The van der Waals surface area contributed by atoms with Crippen molar-refractivity contribution in [2.24, 2.45) is 0 Å². The Labute approximate surface area is 155 Å². The maximum Gasteiger partial charge on any atom is 0.332 e. The lowest BCUT2D eigenvalue weighted by Gasteiger charge is -2.12. The fourth-order valence-electron chi connectivity index (χ4n) is 3.48. The summed E-state index contributed by atoms with van der Waals surface area (Å²) in [5.74, 6) is -0.327. The van der Waals surface area contributed by atoms with Crippen LogP contribution in [0.25, 0.3) is 10.2 Å². The zero-order chi connectivity index (χ0) is 18.7. The Kier molecular flexibility index (Phi) is 5.93. The number of thiophene rings is 1. The van der Waals surface area contributed by atoms with Crippen molar-refractivity contribution >= 4 is 27.5 Å². The smallest absolute Gasteiger partial charge is 0.332 e. The van der Waals surface area contributed by atoms with Crippen molar-refractivity contribution in [1.82, 2.24) is 14.5 Å². The molecule has 0 aliphatic heterocycles. The summed E-state index contributed by atoms with van der Waals surface area (Å²) in [5, 5.41) is 3.38. The molecule has 0 saturated carbocycles. The molecule has 7 nitrogen and oxygen atoms in total. The summed E-state index contributed by atoms with van der Waals surface area (Å²) >= 11 is 1.56. The molecule has 1 aliphatic carbocycles. The number of methoxy groups -OCH3 is 1. The Morgan fingerprint density at radius 3 is 2.73 bits per heavy atom. The van der Waals surface area contributed by atoms with Gasteiger partial charge in [-0.15, -0.1) is 11.3 Å². The SMILES string of the molecule is CCn1c(=O)n(CC(=O)NCCCOC)c(=O)c2c3c(sc21)CCCC3. The van der Waals surface area contributed by atoms with Crippen molar-refractivity contribution in [2.75, 3.05) is 20.3 Å². The van der Waals surface area contributed by atoms with Crippen molar-refractivity contribution in [2.45, 2.75) is 52.1 Å². The molecule has 0 saturated heterocycles. The van der Waals surface area contributed by atoms with Crippen LogP contribution in [0.5, 0.6) is 0 Å². The Balaban J connectivity index is 1.99. The molecule has 0 fully saturated rings. The monoisotopic (exact) mass is 379 g/mol. The van der Waals surface area contributed by atoms with Gasteiger partial charge in [0, 0.05) is 31.7 Å². The Morgan fingerprint density at radius 1 is 1.23 bits per heavy atom. The maximum absolute atomic E-state index is 13.0. The second kappa shape index (κ2) is 8.18. The number of hydrogen-bond donors (Lipinski definition) is 1. The number of carbonyl (C=O) groups excluding carboxylic acids is 1. The molecule has 1 aliphatic rings. The lowest BCUT2D eigenvalue weighted by molar-refractivity contribution is -0.121. The standard InChI is InChI=1S/C18H25N3O4S/c1-3-20-17-15(12-7-4-5-8-13(12)26-17)16(23)21(18(20)24)11-14(22)19-9-6-10-25-2/h3-11H2,1-2H3,(H,19,22). The van der Waals surface area contributed by atoms with Gasteiger partial charge in [0.25, 0.3) is 5.56 Å². The van der Waals surface area contributed by atoms with E-state index in [1.165, 1.54) is 4.88 Å². The highest BCUT2D eigenvalue weighted by atomic mass is 32.1. The molecular formula is C18H25N3O4S. The fraction of sp³-hybridized carbons (Fsp3) is 0.611. The highest BCUT2D eigenvalue weighted by Crippen LogP contribution is 2.34. The molecule has 0 unspecified atom stereocenters. The van der Waals surface area contributed by atoms with Crippen LogP contribution < -0.4 is 16.6 Å². The third-order valence-corrected chi connectivity index (χ3v) is 6.10. The molecule has 1 N–H and O–H groups in total. The van der Waals surface area contributed by atoms with Gasteiger partial charge in [-0.05, 0) is 44.6 Å². The van der Waals surface area contributed by atoms with E-state index in [1.54, 1.807) is 23.0 Å². The summed E-state index contributed by atoms with van der Waals surface area (Å²) in [6.07, 6.45) is 4.70. The van der Waals surface area contributed by atoms with Gasteiger partial charge in [0.1, 0.15) is 11.4 Å². The molecule has 0 atom stereocenters. The predicted octanol–water partition coefficient (Wildman–Crippen LogP) is 1.28. The number of aryl methyl sites for hydroxylation is 3. The number of nitrogens with zero attached hydrogens (tertiary/aromatic N) is 2. The summed E-state index contributed by atoms with van der Waals surface area (Å²) in [6, 6.07) is 0. The molecule has 2 aromatic heterocycles. The van der Waals surface area contributed by atoms with Gasteiger partial charge in [-0.25, -0.2) is 4.79 Å². The molecule has 0 radical (unpaired) electrons. The molecule has 2 aromatic rings. The summed E-state index contributed by atoms with van der Waals surface area (Å²) in [5.41, 5.74) is 0.342. The number of fused-ring (bicyclic) bond motifs is 3. The Hall–Kier alpha value is -1.93.